The molecule has 0 aromatic heterocycles. The zero-order chi connectivity index (χ0) is 13.1. The van der Waals surface area contributed by atoms with Crippen LogP contribution in [0.5, 0.6) is 0 Å². The van der Waals surface area contributed by atoms with Crippen molar-refractivity contribution in [1.29, 1.82) is 0 Å². The van der Waals surface area contributed by atoms with Gasteiger partial charge in [0, 0.05) is 30.0 Å². The van der Waals surface area contributed by atoms with E-state index in [-0.39, 0.29) is 0 Å². The molecule has 0 atom stereocenters. The minimum Gasteiger partial charge on any atom is -0.398 e. The molecule has 0 amide bonds. The lowest BCUT2D eigenvalue weighted by Crippen LogP contribution is -2.17. The molecule has 2 N–H and O–H groups in total. The van der Waals surface area contributed by atoms with E-state index in [0.29, 0.717) is 5.02 Å². The van der Waals surface area contributed by atoms with Crippen molar-refractivity contribution in [2.75, 3.05) is 17.7 Å². The molecule has 0 saturated carbocycles. The summed E-state index contributed by atoms with van der Waals surface area (Å²) in [5, 5.41) is 0.675. The summed E-state index contributed by atoms with van der Waals surface area (Å²) in [6.45, 7) is 2.86. The predicted molar refractivity (Wildman–Crippen MR) is 79.2 cm³/mol. The highest BCUT2D eigenvalue weighted by Gasteiger charge is 2.05. The molecule has 0 aliphatic carbocycles. The average molecular weight is 261 g/mol. The first kappa shape index (κ1) is 12.8. The fraction of sp³-hybridized carbons (Fsp3) is 0.200. The minimum atomic E-state index is 0.675. The molecule has 94 valence electrons. The molecule has 2 aromatic rings. The van der Waals surface area contributed by atoms with Crippen molar-refractivity contribution in [1.82, 2.24) is 0 Å². The van der Waals surface area contributed by atoms with Crippen molar-refractivity contribution < 1.29 is 0 Å². The number of rotatable bonds is 3. The van der Waals surface area contributed by atoms with Gasteiger partial charge in [0.15, 0.2) is 0 Å². The van der Waals surface area contributed by atoms with E-state index in [1.54, 1.807) is 6.07 Å². The summed E-state index contributed by atoms with van der Waals surface area (Å²) >= 11 is 5.90. The Labute approximate surface area is 113 Å². The first-order chi connectivity index (χ1) is 8.56. The number of hydrogen-bond donors (Lipinski definition) is 1. The monoisotopic (exact) mass is 260 g/mol. The maximum Gasteiger partial charge on any atom is 0.0446 e. The molecule has 3 heteroatoms. The molecule has 2 nitrogen and oxygen atoms in total. The Kier molecular flexibility index (Phi) is 3.78. The Morgan fingerprint density at radius 3 is 2.61 bits per heavy atom. The van der Waals surface area contributed by atoms with E-state index in [4.69, 9.17) is 17.3 Å². The number of nitrogens with two attached hydrogens (primary N) is 1. The fourth-order valence-corrected chi connectivity index (χ4v) is 2.10. The highest BCUT2D eigenvalue weighted by atomic mass is 35.5. The van der Waals surface area contributed by atoms with Gasteiger partial charge in [-0.1, -0.05) is 29.8 Å². The number of hydrogen-bond acceptors (Lipinski definition) is 2. The Bertz CT molecular complexity index is 552. The minimum absolute atomic E-state index is 0.675. The summed E-state index contributed by atoms with van der Waals surface area (Å²) in [5.41, 5.74) is 10.2. The van der Waals surface area contributed by atoms with Crippen LogP contribution >= 0.6 is 11.6 Å². The average Bonchev–Trinajstić information content (AvgIpc) is 2.32. The fourth-order valence-electron chi connectivity index (χ4n) is 1.92. The molecule has 2 aromatic carbocycles. The molecule has 2 rings (SSSR count). The molecule has 0 bridgehead atoms. The lowest BCUT2D eigenvalue weighted by Gasteiger charge is -2.20. The van der Waals surface area contributed by atoms with Gasteiger partial charge in [-0.05, 0) is 42.3 Å². The molecular formula is C15H17ClN2. The summed E-state index contributed by atoms with van der Waals surface area (Å²) in [7, 11) is 2.06. The molecule has 0 heterocycles. The van der Waals surface area contributed by atoms with Gasteiger partial charge in [-0.2, -0.15) is 0 Å². The largest absolute Gasteiger partial charge is 0.398 e. The molecule has 0 aliphatic heterocycles. The highest BCUT2D eigenvalue weighted by Crippen LogP contribution is 2.22. The Hall–Kier alpha value is -1.67. The SMILES string of the molecule is Cc1cccc(N(C)Cc2ccc(Cl)cc2N)c1. The van der Waals surface area contributed by atoms with Gasteiger partial charge >= 0.3 is 0 Å². The lowest BCUT2D eigenvalue weighted by molar-refractivity contribution is 0.924. The third kappa shape index (κ3) is 2.96. The number of nitrogen functional groups attached to an aromatic ring is 1. The number of anilines is 2. The third-order valence-corrected chi connectivity index (χ3v) is 3.19. The standard InChI is InChI=1S/C15H17ClN2/c1-11-4-3-5-14(8-11)18(2)10-12-6-7-13(16)9-15(12)17/h3-9H,10,17H2,1-2H3. The topological polar surface area (TPSA) is 29.3 Å². The van der Waals surface area contributed by atoms with Crippen LogP contribution in [0.1, 0.15) is 11.1 Å². The van der Waals surface area contributed by atoms with Gasteiger partial charge in [0.25, 0.3) is 0 Å². The summed E-state index contributed by atoms with van der Waals surface area (Å²) in [4.78, 5) is 2.17. The normalized spacial score (nSPS) is 10.4. The quantitative estimate of drug-likeness (QED) is 0.849. The van der Waals surface area contributed by atoms with Crippen LogP contribution in [0.25, 0.3) is 0 Å². The third-order valence-electron chi connectivity index (χ3n) is 2.96. The summed E-state index contributed by atoms with van der Waals surface area (Å²) in [6, 6.07) is 14.0. The van der Waals surface area contributed by atoms with E-state index in [1.807, 2.05) is 12.1 Å². The maximum absolute atomic E-state index is 5.97. The van der Waals surface area contributed by atoms with Crippen LogP contribution in [0.3, 0.4) is 0 Å². The molecule has 18 heavy (non-hydrogen) atoms. The molecule has 0 fully saturated rings. The van der Waals surface area contributed by atoms with Crippen molar-refractivity contribution in [2.24, 2.45) is 0 Å². The van der Waals surface area contributed by atoms with E-state index < -0.39 is 0 Å². The zero-order valence-electron chi connectivity index (χ0n) is 10.7. The molecule has 0 saturated heterocycles. The Morgan fingerprint density at radius 2 is 1.94 bits per heavy atom. The molecule has 0 unspecified atom stereocenters. The second-order valence-electron chi connectivity index (χ2n) is 4.54. The number of aryl methyl sites for hydroxylation is 1. The Balaban J connectivity index is 2.18. The van der Waals surface area contributed by atoms with E-state index in [0.717, 1.165) is 17.8 Å². The van der Waals surface area contributed by atoms with Gasteiger partial charge in [-0.25, -0.2) is 0 Å². The van der Waals surface area contributed by atoms with E-state index in [9.17, 15) is 0 Å². The van der Waals surface area contributed by atoms with Crippen LogP contribution in [0.4, 0.5) is 11.4 Å². The van der Waals surface area contributed by atoms with Crippen LogP contribution in [-0.4, -0.2) is 7.05 Å². The molecule has 0 spiro atoms. The predicted octanol–water partition coefficient (Wildman–Crippen LogP) is 3.87. The summed E-state index contributed by atoms with van der Waals surface area (Å²) in [6.07, 6.45) is 0. The highest BCUT2D eigenvalue weighted by molar-refractivity contribution is 6.30. The van der Waals surface area contributed by atoms with Crippen molar-refractivity contribution in [3.05, 3.63) is 58.6 Å². The van der Waals surface area contributed by atoms with Crippen molar-refractivity contribution >= 4 is 23.0 Å². The smallest absolute Gasteiger partial charge is 0.0446 e. The van der Waals surface area contributed by atoms with Crippen LogP contribution < -0.4 is 10.6 Å². The first-order valence-electron chi connectivity index (χ1n) is 5.88. The first-order valence-corrected chi connectivity index (χ1v) is 6.26. The van der Waals surface area contributed by atoms with Crippen LogP contribution in [0.2, 0.25) is 5.02 Å². The van der Waals surface area contributed by atoms with E-state index in [1.165, 1.54) is 11.3 Å². The molecular weight excluding hydrogens is 244 g/mol. The number of benzene rings is 2. The van der Waals surface area contributed by atoms with Gasteiger partial charge in [-0.3, -0.25) is 0 Å². The van der Waals surface area contributed by atoms with E-state index in [2.05, 4.69) is 43.1 Å². The molecule has 0 radical (unpaired) electrons. The van der Waals surface area contributed by atoms with Crippen molar-refractivity contribution in [2.45, 2.75) is 13.5 Å². The van der Waals surface area contributed by atoms with Crippen LogP contribution in [-0.2, 0) is 6.54 Å². The van der Waals surface area contributed by atoms with Gasteiger partial charge < -0.3 is 10.6 Å². The second kappa shape index (κ2) is 5.32. The van der Waals surface area contributed by atoms with Gasteiger partial charge in [0.2, 0.25) is 0 Å². The van der Waals surface area contributed by atoms with Gasteiger partial charge in [0.05, 0.1) is 0 Å². The zero-order valence-corrected chi connectivity index (χ0v) is 11.4. The van der Waals surface area contributed by atoms with Crippen molar-refractivity contribution in [3.8, 4) is 0 Å². The van der Waals surface area contributed by atoms with Crippen molar-refractivity contribution in [3.63, 3.8) is 0 Å². The maximum atomic E-state index is 5.97. The van der Waals surface area contributed by atoms with Crippen LogP contribution in [0.15, 0.2) is 42.5 Å². The Morgan fingerprint density at radius 1 is 1.17 bits per heavy atom. The number of halogens is 1. The van der Waals surface area contributed by atoms with E-state index >= 15 is 0 Å². The van der Waals surface area contributed by atoms with Crippen LogP contribution in [0, 0.1) is 6.92 Å². The molecule has 0 aliphatic rings. The van der Waals surface area contributed by atoms with Gasteiger partial charge in [0.1, 0.15) is 0 Å². The van der Waals surface area contributed by atoms with Gasteiger partial charge in [-0.15, -0.1) is 0 Å². The second-order valence-corrected chi connectivity index (χ2v) is 4.97. The number of nitrogens with zero attached hydrogens (tertiary/aromatic N) is 1. The lowest BCUT2D eigenvalue weighted by atomic mass is 10.1. The summed E-state index contributed by atoms with van der Waals surface area (Å²) in [5.74, 6) is 0. The summed E-state index contributed by atoms with van der Waals surface area (Å²) < 4.78 is 0.